The van der Waals surface area contributed by atoms with E-state index in [4.69, 9.17) is 4.74 Å². The summed E-state index contributed by atoms with van der Waals surface area (Å²) in [5.74, 6) is -0.529. The van der Waals surface area contributed by atoms with Crippen molar-refractivity contribution >= 4 is 29.3 Å². The Bertz CT molecular complexity index is 1230. The average molecular weight is 493 g/mol. The van der Waals surface area contributed by atoms with Gasteiger partial charge in [0.2, 0.25) is 5.91 Å². The van der Waals surface area contributed by atoms with Crippen LogP contribution in [0.15, 0.2) is 64.5 Å². The number of fused-ring (bicyclic) bond motifs is 1. The van der Waals surface area contributed by atoms with Crippen LogP contribution in [0.5, 0.6) is 0 Å². The highest BCUT2D eigenvalue weighted by molar-refractivity contribution is 7.99. The van der Waals surface area contributed by atoms with Crippen molar-refractivity contribution in [1.82, 2.24) is 14.9 Å². The summed E-state index contributed by atoms with van der Waals surface area (Å²) in [6.45, 7) is 4.37. The van der Waals surface area contributed by atoms with Gasteiger partial charge >= 0.3 is 5.97 Å². The second-order valence-electron chi connectivity index (χ2n) is 8.19. The smallest absolute Gasteiger partial charge is 0.338 e. The van der Waals surface area contributed by atoms with E-state index >= 15 is 0 Å². The summed E-state index contributed by atoms with van der Waals surface area (Å²) in [7, 11) is 0. The number of esters is 1. The fraction of sp³-hybridized carbons (Fsp3) is 0.308. The molecule has 0 bridgehead atoms. The second-order valence-corrected chi connectivity index (χ2v) is 9.16. The third-order valence-corrected chi connectivity index (χ3v) is 6.58. The van der Waals surface area contributed by atoms with Crippen molar-refractivity contribution in [2.75, 3.05) is 30.8 Å². The van der Waals surface area contributed by atoms with Gasteiger partial charge in [-0.25, -0.2) is 9.78 Å². The maximum Gasteiger partial charge on any atom is 0.338 e. The van der Waals surface area contributed by atoms with E-state index in [0.29, 0.717) is 41.5 Å². The Balaban J connectivity index is 1.29. The lowest BCUT2D eigenvalue weighted by Crippen LogP contribution is -2.37. The number of thioether (sulfide) groups is 1. The van der Waals surface area contributed by atoms with Gasteiger partial charge in [-0.05, 0) is 43.2 Å². The van der Waals surface area contributed by atoms with Crippen molar-refractivity contribution in [3.8, 4) is 0 Å². The summed E-state index contributed by atoms with van der Waals surface area (Å²) in [5, 5.41) is 3.23. The zero-order chi connectivity index (χ0) is 24.6. The Labute approximate surface area is 208 Å². The van der Waals surface area contributed by atoms with Crippen molar-refractivity contribution in [2.45, 2.75) is 31.5 Å². The van der Waals surface area contributed by atoms with Crippen molar-refractivity contribution in [2.24, 2.45) is 0 Å². The van der Waals surface area contributed by atoms with Gasteiger partial charge in [-0.1, -0.05) is 42.1 Å². The van der Waals surface area contributed by atoms with E-state index in [-0.39, 0.29) is 17.2 Å². The number of nitrogens with one attached hydrogen (secondary N) is 2. The molecule has 3 aromatic rings. The van der Waals surface area contributed by atoms with E-state index in [2.05, 4.69) is 32.3 Å². The van der Waals surface area contributed by atoms with Gasteiger partial charge in [-0.2, -0.15) is 0 Å². The maximum atomic E-state index is 12.7. The van der Waals surface area contributed by atoms with Crippen LogP contribution in [-0.4, -0.2) is 52.2 Å². The van der Waals surface area contributed by atoms with Gasteiger partial charge in [0.25, 0.3) is 5.56 Å². The Morgan fingerprint density at radius 1 is 1.14 bits per heavy atom. The van der Waals surface area contributed by atoms with E-state index in [1.54, 1.807) is 31.2 Å². The molecule has 1 amide bonds. The van der Waals surface area contributed by atoms with Gasteiger partial charge in [0.1, 0.15) is 0 Å². The molecule has 0 saturated carbocycles. The van der Waals surface area contributed by atoms with E-state index in [1.807, 2.05) is 18.2 Å². The Hall–Kier alpha value is -3.43. The van der Waals surface area contributed by atoms with Crippen molar-refractivity contribution in [3.05, 3.63) is 87.3 Å². The van der Waals surface area contributed by atoms with Crippen molar-refractivity contribution in [1.29, 1.82) is 0 Å². The summed E-state index contributed by atoms with van der Waals surface area (Å²) in [4.78, 5) is 46.5. The molecule has 2 N–H and O–H groups in total. The van der Waals surface area contributed by atoms with Crippen molar-refractivity contribution in [3.63, 3.8) is 0 Å². The van der Waals surface area contributed by atoms with Crippen LogP contribution in [0.1, 0.15) is 34.1 Å². The molecule has 9 heteroatoms. The third kappa shape index (κ3) is 6.80. The van der Waals surface area contributed by atoms with E-state index < -0.39 is 5.97 Å². The molecule has 1 aliphatic rings. The summed E-state index contributed by atoms with van der Waals surface area (Å²) < 4.78 is 4.95. The molecule has 2 heterocycles. The largest absolute Gasteiger partial charge is 0.462 e. The number of aromatic nitrogens is 2. The molecular formula is C26H28N4O4S. The molecule has 2 aromatic carbocycles. The third-order valence-electron chi connectivity index (χ3n) is 5.71. The molecule has 0 aliphatic carbocycles. The fourth-order valence-electron chi connectivity index (χ4n) is 3.88. The van der Waals surface area contributed by atoms with Crippen LogP contribution in [0, 0.1) is 0 Å². The monoisotopic (exact) mass is 492 g/mol. The number of hydrogen-bond acceptors (Lipinski definition) is 7. The standard InChI is InChI=1S/C26H28N4O4S/c1-2-34-25(33)19-8-10-20(11-9-19)27-23(31)17-35-26-28-22-13-15-30(16-21(22)24(32)29-26)14-12-18-6-4-3-5-7-18/h3-11H,2,12-17H2,1H3,(H,27,31)(H,28,29,32). The normalized spacial score (nSPS) is 13.2. The van der Waals surface area contributed by atoms with Crippen LogP contribution >= 0.6 is 11.8 Å². The van der Waals surface area contributed by atoms with E-state index in [1.165, 1.54) is 17.3 Å². The number of hydrogen-bond donors (Lipinski definition) is 2. The highest BCUT2D eigenvalue weighted by Crippen LogP contribution is 2.19. The zero-order valence-corrected chi connectivity index (χ0v) is 20.4. The minimum absolute atomic E-state index is 0.102. The zero-order valence-electron chi connectivity index (χ0n) is 19.6. The highest BCUT2D eigenvalue weighted by atomic mass is 32.2. The van der Waals surface area contributed by atoms with Gasteiger partial charge < -0.3 is 15.0 Å². The Kier molecular flexibility index (Phi) is 8.33. The molecule has 0 fully saturated rings. The lowest BCUT2D eigenvalue weighted by atomic mass is 10.1. The quantitative estimate of drug-likeness (QED) is 0.268. The summed E-state index contributed by atoms with van der Waals surface area (Å²) in [6, 6.07) is 16.8. The van der Waals surface area contributed by atoms with Crippen LogP contribution in [0.3, 0.4) is 0 Å². The number of carbonyl (C=O) groups excluding carboxylic acids is 2. The molecule has 0 unspecified atom stereocenters. The molecule has 1 aliphatic heterocycles. The number of anilines is 1. The molecule has 0 radical (unpaired) electrons. The molecule has 0 saturated heterocycles. The number of aromatic amines is 1. The number of nitrogens with zero attached hydrogens (tertiary/aromatic N) is 2. The van der Waals surface area contributed by atoms with Gasteiger partial charge in [-0.3, -0.25) is 14.5 Å². The summed E-state index contributed by atoms with van der Waals surface area (Å²) >= 11 is 1.19. The number of benzene rings is 2. The number of rotatable bonds is 9. The van der Waals surface area contributed by atoms with E-state index in [0.717, 1.165) is 25.2 Å². The molecule has 4 rings (SSSR count). The molecule has 182 valence electrons. The van der Waals surface area contributed by atoms with Crippen LogP contribution < -0.4 is 10.9 Å². The molecule has 8 nitrogen and oxygen atoms in total. The first kappa shape index (κ1) is 24.7. The van der Waals surface area contributed by atoms with E-state index in [9.17, 15) is 14.4 Å². The first-order valence-corrected chi connectivity index (χ1v) is 12.6. The molecule has 1 aromatic heterocycles. The number of H-pyrrole nitrogens is 1. The van der Waals surface area contributed by atoms with Gasteiger partial charge in [0.05, 0.1) is 29.2 Å². The van der Waals surface area contributed by atoms with Gasteiger partial charge in [0, 0.05) is 31.7 Å². The SMILES string of the molecule is CCOC(=O)c1ccc(NC(=O)CSc2nc3c(c(=O)[nH]2)CN(CCc2ccccc2)CC3)cc1. The van der Waals surface area contributed by atoms with Gasteiger partial charge in [-0.15, -0.1) is 0 Å². The number of amides is 1. The lowest BCUT2D eigenvalue weighted by molar-refractivity contribution is -0.113. The average Bonchev–Trinajstić information content (AvgIpc) is 2.87. The van der Waals surface area contributed by atoms with Gasteiger partial charge in [0.15, 0.2) is 5.16 Å². The predicted octanol–water partition coefficient (Wildman–Crippen LogP) is 3.28. The first-order chi connectivity index (χ1) is 17.0. The van der Waals surface area contributed by atoms with Crippen LogP contribution in [0.25, 0.3) is 0 Å². The van der Waals surface area contributed by atoms with Crippen LogP contribution in [0.4, 0.5) is 5.69 Å². The minimum atomic E-state index is -0.400. The molecule has 0 atom stereocenters. The summed E-state index contributed by atoms with van der Waals surface area (Å²) in [6.07, 6.45) is 1.65. The molecule has 35 heavy (non-hydrogen) atoms. The minimum Gasteiger partial charge on any atom is -0.462 e. The molecule has 0 spiro atoms. The summed E-state index contributed by atoms with van der Waals surface area (Å²) in [5.41, 5.74) is 3.66. The topological polar surface area (TPSA) is 104 Å². The lowest BCUT2D eigenvalue weighted by Gasteiger charge is -2.27. The Morgan fingerprint density at radius 2 is 1.91 bits per heavy atom. The maximum absolute atomic E-state index is 12.7. The van der Waals surface area contributed by atoms with Crippen molar-refractivity contribution < 1.29 is 14.3 Å². The van der Waals surface area contributed by atoms with Crippen LogP contribution in [-0.2, 0) is 28.9 Å². The first-order valence-electron chi connectivity index (χ1n) is 11.6. The molecular weight excluding hydrogens is 464 g/mol. The number of carbonyl (C=O) groups is 2. The predicted molar refractivity (Wildman–Crippen MR) is 136 cm³/mol. The highest BCUT2D eigenvalue weighted by Gasteiger charge is 2.21. The Morgan fingerprint density at radius 3 is 2.66 bits per heavy atom. The fourth-order valence-corrected chi connectivity index (χ4v) is 4.56. The number of ether oxygens (including phenoxy) is 1. The second kappa shape index (κ2) is 11.8. The van der Waals surface area contributed by atoms with Crippen LogP contribution in [0.2, 0.25) is 0 Å².